The smallest absolute Gasteiger partial charge is 0.164 e. The van der Waals surface area contributed by atoms with Crippen LogP contribution in [-0.2, 0) is 0 Å². The molecule has 0 spiro atoms. The summed E-state index contributed by atoms with van der Waals surface area (Å²) >= 11 is 1.74. The highest BCUT2D eigenvalue weighted by molar-refractivity contribution is 7.21. The molecule has 2 aromatic heterocycles. The van der Waals surface area contributed by atoms with Crippen molar-refractivity contribution in [2.75, 3.05) is 0 Å². The van der Waals surface area contributed by atoms with Gasteiger partial charge in [-0.15, -0.1) is 11.3 Å². The Kier molecular flexibility index (Phi) is 5.96. The molecule has 0 atom stereocenters. The molecule has 5 heteroatoms. The quantitative estimate of drug-likeness (QED) is 0.191. The molecular formula is C40H24N4S. The SMILES string of the molecule is c1ccc(-c2nc(-c3ccccc3)nc(-c3ccc4ccc5sc(-c6cc7ccccc7c7ccccc67)nc5c4c3)n2)cc1. The van der Waals surface area contributed by atoms with Gasteiger partial charge in [-0.25, -0.2) is 19.9 Å². The second-order valence-corrected chi connectivity index (χ2v) is 12.1. The Morgan fingerprint density at radius 2 is 0.956 bits per heavy atom. The average Bonchev–Trinajstić information content (AvgIpc) is 3.57. The first-order chi connectivity index (χ1) is 22.3. The van der Waals surface area contributed by atoms with E-state index in [9.17, 15) is 0 Å². The zero-order chi connectivity index (χ0) is 29.7. The molecule has 0 saturated carbocycles. The van der Waals surface area contributed by atoms with Gasteiger partial charge in [-0.05, 0) is 45.1 Å². The van der Waals surface area contributed by atoms with Crippen molar-refractivity contribution in [2.45, 2.75) is 0 Å². The van der Waals surface area contributed by atoms with Gasteiger partial charge in [0.2, 0.25) is 0 Å². The minimum absolute atomic E-state index is 0.637. The molecule has 7 aromatic carbocycles. The van der Waals surface area contributed by atoms with Crippen LogP contribution >= 0.6 is 11.3 Å². The molecule has 0 fully saturated rings. The monoisotopic (exact) mass is 592 g/mol. The van der Waals surface area contributed by atoms with E-state index in [-0.39, 0.29) is 0 Å². The third-order valence-electron chi connectivity index (χ3n) is 8.33. The normalized spacial score (nSPS) is 11.6. The summed E-state index contributed by atoms with van der Waals surface area (Å²) in [5.41, 5.74) is 4.98. The van der Waals surface area contributed by atoms with Crippen LogP contribution in [0, 0.1) is 0 Å². The molecule has 0 aliphatic heterocycles. The van der Waals surface area contributed by atoms with Gasteiger partial charge in [0.25, 0.3) is 0 Å². The Morgan fingerprint density at radius 3 is 1.67 bits per heavy atom. The molecule has 9 aromatic rings. The number of hydrogen-bond donors (Lipinski definition) is 0. The van der Waals surface area contributed by atoms with Crippen LogP contribution in [-0.4, -0.2) is 19.9 Å². The van der Waals surface area contributed by atoms with Crippen molar-refractivity contribution >= 4 is 53.9 Å². The first-order valence-electron chi connectivity index (χ1n) is 14.9. The summed E-state index contributed by atoms with van der Waals surface area (Å²) in [5.74, 6) is 1.94. The van der Waals surface area contributed by atoms with E-state index in [1.807, 2.05) is 60.7 Å². The van der Waals surface area contributed by atoms with E-state index in [0.29, 0.717) is 17.5 Å². The first kappa shape index (κ1) is 25.7. The lowest BCUT2D eigenvalue weighted by atomic mass is 9.97. The highest BCUT2D eigenvalue weighted by Gasteiger charge is 2.16. The third kappa shape index (κ3) is 4.44. The molecule has 0 amide bonds. The molecule has 0 radical (unpaired) electrons. The number of benzene rings is 7. The Balaban J connectivity index is 1.24. The molecule has 0 unspecified atom stereocenters. The molecule has 0 saturated heterocycles. The molecule has 210 valence electrons. The van der Waals surface area contributed by atoms with Crippen LogP contribution in [0.15, 0.2) is 146 Å². The van der Waals surface area contributed by atoms with Gasteiger partial charge >= 0.3 is 0 Å². The third-order valence-corrected chi connectivity index (χ3v) is 9.39. The van der Waals surface area contributed by atoms with Crippen LogP contribution in [0.4, 0.5) is 0 Å². The summed E-state index contributed by atoms with van der Waals surface area (Å²) in [6.45, 7) is 0. The highest BCUT2D eigenvalue weighted by atomic mass is 32.1. The van der Waals surface area contributed by atoms with Crippen LogP contribution in [0.5, 0.6) is 0 Å². The number of thiazole rings is 1. The fourth-order valence-corrected chi connectivity index (χ4v) is 7.15. The second-order valence-electron chi connectivity index (χ2n) is 11.1. The van der Waals surface area contributed by atoms with Crippen molar-refractivity contribution in [3.63, 3.8) is 0 Å². The lowest BCUT2D eigenvalue weighted by Crippen LogP contribution is -2.00. The van der Waals surface area contributed by atoms with Crippen LogP contribution < -0.4 is 0 Å². The van der Waals surface area contributed by atoms with Crippen LogP contribution in [0.2, 0.25) is 0 Å². The first-order valence-corrected chi connectivity index (χ1v) is 15.7. The second kappa shape index (κ2) is 10.4. The van der Waals surface area contributed by atoms with Crippen molar-refractivity contribution in [2.24, 2.45) is 0 Å². The van der Waals surface area contributed by atoms with E-state index in [1.165, 1.54) is 21.5 Å². The Labute approximate surface area is 263 Å². The predicted molar refractivity (Wildman–Crippen MR) is 187 cm³/mol. The summed E-state index contributed by atoms with van der Waals surface area (Å²) in [5, 5.41) is 8.17. The van der Waals surface area contributed by atoms with Gasteiger partial charge in [0, 0.05) is 27.6 Å². The maximum absolute atomic E-state index is 5.30. The summed E-state index contributed by atoms with van der Waals surface area (Å²) in [6, 6.07) is 50.4. The minimum atomic E-state index is 0.637. The summed E-state index contributed by atoms with van der Waals surface area (Å²) in [4.78, 5) is 20.1. The van der Waals surface area contributed by atoms with E-state index in [1.54, 1.807) is 11.3 Å². The average molecular weight is 593 g/mol. The molecule has 0 bridgehead atoms. The molecule has 9 rings (SSSR count). The zero-order valence-corrected chi connectivity index (χ0v) is 24.9. The molecular weight excluding hydrogens is 569 g/mol. The summed E-state index contributed by atoms with van der Waals surface area (Å²) in [6.07, 6.45) is 0. The number of rotatable bonds is 4. The largest absolute Gasteiger partial charge is 0.235 e. The van der Waals surface area contributed by atoms with Gasteiger partial charge in [-0.2, -0.15) is 0 Å². The molecule has 0 N–H and O–H groups in total. The molecule has 0 aliphatic rings. The van der Waals surface area contributed by atoms with Crippen molar-refractivity contribution in [3.8, 4) is 44.7 Å². The maximum atomic E-state index is 5.30. The van der Waals surface area contributed by atoms with Crippen molar-refractivity contribution in [1.82, 2.24) is 19.9 Å². The Hall–Kier alpha value is -5.78. The van der Waals surface area contributed by atoms with Crippen molar-refractivity contribution in [3.05, 3.63) is 146 Å². The van der Waals surface area contributed by atoms with Crippen molar-refractivity contribution in [1.29, 1.82) is 0 Å². The number of aromatic nitrogens is 4. The fourth-order valence-electron chi connectivity index (χ4n) is 6.13. The van der Waals surface area contributed by atoms with E-state index in [2.05, 4.69) is 84.9 Å². The predicted octanol–water partition coefficient (Wildman–Crippen LogP) is 10.6. The van der Waals surface area contributed by atoms with Gasteiger partial charge in [-0.3, -0.25) is 0 Å². The molecule has 45 heavy (non-hydrogen) atoms. The van der Waals surface area contributed by atoms with Crippen LogP contribution in [0.3, 0.4) is 0 Å². The molecule has 2 heterocycles. The van der Waals surface area contributed by atoms with Crippen molar-refractivity contribution < 1.29 is 0 Å². The van der Waals surface area contributed by atoms with Gasteiger partial charge < -0.3 is 0 Å². The summed E-state index contributed by atoms with van der Waals surface area (Å²) in [7, 11) is 0. The van der Waals surface area contributed by atoms with E-state index in [4.69, 9.17) is 19.9 Å². The number of hydrogen-bond acceptors (Lipinski definition) is 5. The lowest BCUT2D eigenvalue weighted by molar-refractivity contribution is 1.07. The van der Waals surface area contributed by atoms with E-state index in [0.717, 1.165) is 48.3 Å². The van der Waals surface area contributed by atoms with E-state index >= 15 is 0 Å². The van der Waals surface area contributed by atoms with E-state index < -0.39 is 0 Å². The maximum Gasteiger partial charge on any atom is 0.164 e. The van der Waals surface area contributed by atoms with Gasteiger partial charge in [0.15, 0.2) is 17.5 Å². The minimum Gasteiger partial charge on any atom is -0.235 e. The number of fused-ring (bicyclic) bond motifs is 6. The molecule has 0 aliphatic carbocycles. The fraction of sp³-hybridized carbons (Fsp3) is 0. The van der Waals surface area contributed by atoms with Gasteiger partial charge in [0.05, 0.1) is 10.2 Å². The number of nitrogens with zero attached hydrogens (tertiary/aromatic N) is 4. The summed E-state index contributed by atoms with van der Waals surface area (Å²) < 4.78 is 1.15. The topological polar surface area (TPSA) is 51.6 Å². The highest BCUT2D eigenvalue weighted by Crippen LogP contribution is 2.40. The Bertz CT molecular complexity index is 2480. The van der Waals surface area contributed by atoms with Gasteiger partial charge in [0.1, 0.15) is 5.01 Å². The lowest BCUT2D eigenvalue weighted by Gasteiger charge is -2.09. The van der Waals surface area contributed by atoms with Gasteiger partial charge in [-0.1, -0.05) is 127 Å². The Morgan fingerprint density at radius 1 is 0.378 bits per heavy atom. The molecule has 4 nitrogen and oxygen atoms in total. The zero-order valence-electron chi connectivity index (χ0n) is 24.1. The standard InChI is InChI=1S/C40H24N4S/c1-3-11-26(12-4-1)37-42-38(27-13-5-2-6-14-27)44-39(43-37)29-20-19-25-21-22-35-36(33(25)24-29)41-40(45-35)34-23-28-15-7-8-16-30(28)31-17-9-10-18-32(31)34/h1-24H. The van der Waals surface area contributed by atoms with Crippen LogP contribution in [0.25, 0.3) is 87.3 Å². The van der Waals surface area contributed by atoms with Crippen LogP contribution in [0.1, 0.15) is 0 Å².